The Balaban J connectivity index is 2.16. The summed E-state index contributed by atoms with van der Waals surface area (Å²) in [6.45, 7) is 5.44. The average molecular weight is 282 g/mol. The van der Waals surface area contributed by atoms with Crippen LogP contribution in [0.1, 0.15) is 33.1 Å². The molecule has 5 heteroatoms. The SMILES string of the molecule is CCCNc1ccc(S(=O)(=O)N(CC)C2CC2)cc1. The summed E-state index contributed by atoms with van der Waals surface area (Å²) in [4.78, 5) is 0.392. The summed E-state index contributed by atoms with van der Waals surface area (Å²) in [5.74, 6) is 0. The zero-order valence-corrected chi connectivity index (χ0v) is 12.4. The molecule has 1 saturated carbocycles. The number of sulfonamides is 1. The van der Waals surface area contributed by atoms with Crippen LogP contribution in [-0.4, -0.2) is 31.9 Å². The number of nitrogens with zero attached hydrogens (tertiary/aromatic N) is 1. The number of nitrogens with one attached hydrogen (secondary N) is 1. The van der Waals surface area contributed by atoms with Crippen LogP contribution < -0.4 is 5.32 Å². The third kappa shape index (κ3) is 3.28. The van der Waals surface area contributed by atoms with Crippen LogP contribution in [0.2, 0.25) is 0 Å². The van der Waals surface area contributed by atoms with Gasteiger partial charge in [0.15, 0.2) is 0 Å². The Morgan fingerprint density at radius 3 is 2.32 bits per heavy atom. The predicted octanol–water partition coefficient (Wildman–Crippen LogP) is 2.68. The highest BCUT2D eigenvalue weighted by molar-refractivity contribution is 7.89. The van der Waals surface area contributed by atoms with E-state index in [2.05, 4.69) is 12.2 Å². The molecule has 1 aromatic rings. The van der Waals surface area contributed by atoms with E-state index < -0.39 is 10.0 Å². The van der Waals surface area contributed by atoms with Gasteiger partial charge >= 0.3 is 0 Å². The van der Waals surface area contributed by atoms with Gasteiger partial charge in [0.2, 0.25) is 10.0 Å². The lowest BCUT2D eigenvalue weighted by atomic mass is 10.3. The largest absolute Gasteiger partial charge is 0.385 e. The first kappa shape index (κ1) is 14.3. The zero-order valence-electron chi connectivity index (χ0n) is 11.6. The molecule has 2 rings (SSSR count). The first-order valence-corrected chi connectivity index (χ1v) is 8.39. The van der Waals surface area contributed by atoms with Gasteiger partial charge in [-0.05, 0) is 43.5 Å². The van der Waals surface area contributed by atoms with Crippen molar-refractivity contribution in [3.63, 3.8) is 0 Å². The van der Waals surface area contributed by atoms with E-state index in [1.807, 2.05) is 19.1 Å². The summed E-state index contributed by atoms with van der Waals surface area (Å²) in [6.07, 6.45) is 3.03. The first-order valence-electron chi connectivity index (χ1n) is 6.95. The van der Waals surface area contributed by atoms with Crippen molar-refractivity contribution in [2.75, 3.05) is 18.4 Å². The van der Waals surface area contributed by atoms with E-state index in [1.54, 1.807) is 16.4 Å². The summed E-state index contributed by atoms with van der Waals surface area (Å²) < 4.78 is 26.6. The first-order chi connectivity index (χ1) is 9.09. The summed E-state index contributed by atoms with van der Waals surface area (Å²) in [5.41, 5.74) is 0.968. The quantitative estimate of drug-likeness (QED) is 0.836. The third-order valence-corrected chi connectivity index (χ3v) is 5.35. The van der Waals surface area contributed by atoms with E-state index in [0.717, 1.165) is 31.5 Å². The second-order valence-corrected chi connectivity index (χ2v) is 6.78. The Kier molecular flexibility index (Phi) is 4.47. The highest BCUT2D eigenvalue weighted by Gasteiger charge is 2.36. The summed E-state index contributed by atoms with van der Waals surface area (Å²) >= 11 is 0. The van der Waals surface area contributed by atoms with Crippen LogP contribution in [0.3, 0.4) is 0 Å². The van der Waals surface area contributed by atoms with Crippen molar-refractivity contribution in [3.05, 3.63) is 24.3 Å². The predicted molar refractivity (Wildman–Crippen MR) is 77.8 cm³/mol. The lowest BCUT2D eigenvalue weighted by molar-refractivity contribution is 0.421. The normalized spacial score (nSPS) is 15.7. The highest BCUT2D eigenvalue weighted by atomic mass is 32.2. The molecule has 19 heavy (non-hydrogen) atoms. The summed E-state index contributed by atoms with van der Waals surface area (Å²) in [5, 5.41) is 3.24. The number of rotatable bonds is 7. The smallest absolute Gasteiger partial charge is 0.243 e. The van der Waals surface area contributed by atoms with Gasteiger partial charge in [0, 0.05) is 24.8 Å². The average Bonchev–Trinajstić information content (AvgIpc) is 3.22. The maximum absolute atomic E-state index is 12.5. The molecule has 0 radical (unpaired) electrons. The van der Waals surface area contributed by atoms with Gasteiger partial charge in [-0.2, -0.15) is 4.31 Å². The Labute approximate surface area is 115 Å². The van der Waals surface area contributed by atoms with E-state index in [4.69, 9.17) is 0 Å². The van der Waals surface area contributed by atoms with Gasteiger partial charge in [-0.3, -0.25) is 0 Å². The van der Waals surface area contributed by atoms with Gasteiger partial charge in [-0.15, -0.1) is 0 Å². The molecule has 0 amide bonds. The minimum Gasteiger partial charge on any atom is -0.385 e. The maximum Gasteiger partial charge on any atom is 0.243 e. The van der Waals surface area contributed by atoms with Crippen molar-refractivity contribution in [1.29, 1.82) is 0 Å². The van der Waals surface area contributed by atoms with Gasteiger partial charge in [0.1, 0.15) is 0 Å². The molecule has 1 aliphatic carbocycles. The van der Waals surface area contributed by atoms with Crippen LogP contribution in [0.5, 0.6) is 0 Å². The van der Waals surface area contributed by atoms with Gasteiger partial charge in [0.25, 0.3) is 0 Å². The molecule has 0 atom stereocenters. The molecule has 1 aromatic carbocycles. The van der Waals surface area contributed by atoms with E-state index in [1.165, 1.54) is 0 Å². The van der Waals surface area contributed by atoms with Crippen molar-refractivity contribution >= 4 is 15.7 Å². The van der Waals surface area contributed by atoms with Crippen molar-refractivity contribution in [2.45, 2.75) is 44.0 Å². The second-order valence-electron chi connectivity index (χ2n) is 4.89. The molecule has 0 heterocycles. The Morgan fingerprint density at radius 1 is 1.21 bits per heavy atom. The lowest BCUT2D eigenvalue weighted by Crippen LogP contribution is -2.32. The van der Waals surface area contributed by atoms with Crippen molar-refractivity contribution < 1.29 is 8.42 Å². The fourth-order valence-corrected chi connectivity index (χ4v) is 3.83. The third-order valence-electron chi connectivity index (χ3n) is 3.31. The molecule has 1 N–H and O–H groups in total. The summed E-state index contributed by atoms with van der Waals surface area (Å²) in [6, 6.07) is 7.27. The van der Waals surface area contributed by atoms with Gasteiger partial charge in [-0.25, -0.2) is 8.42 Å². The van der Waals surface area contributed by atoms with Crippen LogP contribution in [0.15, 0.2) is 29.2 Å². The lowest BCUT2D eigenvalue weighted by Gasteiger charge is -2.20. The number of benzene rings is 1. The van der Waals surface area contributed by atoms with Crippen LogP contribution in [-0.2, 0) is 10.0 Å². The Bertz CT molecular complexity index is 507. The topological polar surface area (TPSA) is 49.4 Å². The van der Waals surface area contributed by atoms with Gasteiger partial charge in [0.05, 0.1) is 4.90 Å². The monoisotopic (exact) mass is 282 g/mol. The molecule has 0 saturated heterocycles. The van der Waals surface area contributed by atoms with E-state index in [-0.39, 0.29) is 6.04 Å². The fraction of sp³-hybridized carbons (Fsp3) is 0.571. The standard InChI is InChI=1S/C14H22N2O2S/c1-3-11-15-12-5-9-14(10-6-12)19(17,18)16(4-2)13-7-8-13/h5-6,9-10,13,15H,3-4,7-8,11H2,1-2H3. The van der Waals surface area contributed by atoms with Crippen LogP contribution >= 0.6 is 0 Å². The minimum absolute atomic E-state index is 0.216. The van der Waals surface area contributed by atoms with Gasteiger partial charge in [-0.1, -0.05) is 13.8 Å². The molecule has 0 spiro atoms. The maximum atomic E-state index is 12.5. The number of anilines is 1. The van der Waals surface area contributed by atoms with Crippen molar-refractivity contribution in [1.82, 2.24) is 4.31 Å². The van der Waals surface area contributed by atoms with E-state index in [0.29, 0.717) is 11.4 Å². The fourth-order valence-electron chi connectivity index (χ4n) is 2.14. The summed E-state index contributed by atoms with van der Waals surface area (Å²) in [7, 11) is -3.32. The van der Waals surface area contributed by atoms with Crippen LogP contribution in [0, 0.1) is 0 Å². The molecule has 106 valence electrons. The highest BCUT2D eigenvalue weighted by Crippen LogP contribution is 2.31. The Hall–Kier alpha value is -1.07. The molecule has 1 fully saturated rings. The molecule has 0 unspecified atom stereocenters. The van der Waals surface area contributed by atoms with Crippen molar-refractivity contribution in [3.8, 4) is 0 Å². The Morgan fingerprint density at radius 2 is 1.84 bits per heavy atom. The van der Waals surface area contributed by atoms with Crippen molar-refractivity contribution in [2.24, 2.45) is 0 Å². The molecule has 1 aliphatic rings. The van der Waals surface area contributed by atoms with E-state index >= 15 is 0 Å². The second kappa shape index (κ2) is 5.92. The van der Waals surface area contributed by atoms with Crippen LogP contribution in [0.4, 0.5) is 5.69 Å². The molecule has 4 nitrogen and oxygen atoms in total. The zero-order chi connectivity index (χ0) is 13.9. The molecular weight excluding hydrogens is 260 g/mol. The van der Waals surface area contributed by atoms with Gasteiger partial charge < -0.3 is 5.32 Å². The molecular formula is C14H22N2O2S. The number of hydrogen-bond donors (Lipinski definition) is 1. The van der Waals surface area contributed by atoms with Crippen LogP contribution in [0.25, 0.3) is 0 Å². The molecule has 0 aromatic heterocycles. The number of hydrogen-bond acceptors (Lipinski definition) is 3. The molecule has 0 bridgehead atoms. The minimum atomic E-state index is -3.32. The molecule has 0 aliphatic heterocycles. The van der Waals surface area contributed by atoms with E-state index in [9.17, 15) is 8.42 Å².